The van der Waals surface area contributed by atoms with Crippen molar-refractivity contribution < 1.29 is 34.3 Å². The van der Waals surface area contributed by atoms with Gasteiger partial charge in [0.15, 0.2) is 29.5 Å². The van der Waals surface area contributed by atoms with E-state index >= 15 is 0 Å². The van der Waals surface area contributed by atoms with Crippen molar-refractivity contribution in [1.82, 2.24) is 25.4 Å². The van der Waals surface area contributed by atoms with E-state index in [1.165, 1.54) is 11.0 Å². The third-order valence-electron chi connectivity index (χ3n) is 11.1. The van der Waals surface area contributed by atoms with Crippen LogP contribution in [0.5, 0.6) is 5.75 Å². The SMILES string of the molecule is Cc1ncsc1-c1ccc([C@H](C)[NH+]=C(O)[C@@H]2C[C@@H](O)CN2C(=O)[C@@H](NC(=O)C(C)C2CCN(c3cc(-c4cccc(F)c4O)nnc3N)CC2)C(C)(C)C)cc1. The Morgan fingerprint density at radius 2 is 1.79 bits per heavy atom. The number of rotatable bonds is 10. The molecule has 2 aromatic carbocycles. The predicted molar refractivity (Wildman–Crippen MR) is 214 cm³/mol. The highest BCUT2D eigenvalue weighted by molar-refractivity contribution is 7.13. The number of nitrogen functional groups attached to an aromatic ring is 1. The maximum absolute atomic E-state index is 14.3. The summed E-state index contributed by atoms with van der Waals surface area (Å²) in [5, 5.41) is 43.5. The standard InChI is InChI=1S/C41H51FN8O5S/c1-22(25-14-16-49(17-15-25)32-19-31(47-48-37(32)43)29-8-7-9-30(42)34(29)52)38(53)46-36(41(4,5)6)40(55)50-20-28(51)18-33(50)39(54)45-23(2)26-10-12-27(13-11-26)35-24(3)44-21-56-35/h7-13,19,21-23,25,28,33,36,51-52H,14-18,20H2,1-6H3,(H2,43,48)(H,45,54)(H,46,53)/p+1/t22?,23-,28+,33-,36+/m0/s1. The number of phenols is 1. The number of likely N-dealkylation sites (tertiary alicyclic amines) is 1. The summed E-state index contributed by atoms with van der Waals surface area (Å²) in [5.74, 6) is -2.22. The van der Waals surface area contributed by atoms with Gasteiger partial charge >= 0.3 is 5.90 Å². The van der Waals surface area contributed by atoms with Crippen molar-refractivity contribution >= 4 is 40.6 Å². The van der Waals surface area contributed by atoms with Crippen LogP contribution in [0.2, 0.25) is 0 Å². The molecular weight excluding hydrogens is 736 g/mol. The first kappa shape index (κ1) is 40.5. The monoisotopic (exact) mass is 787 g/mol. The highest BCUT2D eigenvalue weighted by Crippen LogP contribution is 2.36. The van der Waals surface area contributed by atoms with E-state index in [0.717, 1.165) is 27.8 Å². The van der Waals surface area contributed by atoms with Gasteiger partial charge in [-0.3, -0.25) is 9.59 Å². The molecule has 0 bridgehead atoms. The smallest absolute Gasteiger partial charge is 0.356 e. The van der Waals surface area contributed by atoms with E-state index in [4.69, 9.17) is 5.73 Å². The topological polar surface area (TPSA) is 192 Å². The molecule has 2 aromatic heterocycles. The van der Waals surface area contributed by atoms with Crippen molar-refractivity contribution in [3.05, 3.63) is 71.1 Å². The number of para-hydroxylation sites is 1. The number of aromatic nitrogens is 3. The molecule has 2 aliphatic heterocycles. The second kappa shape index (κ2) is 16.5. The maximum Gasteiger partial charge on any atom is 0.356 e. The molecule has 5 atom stereocenters. The summed E-state index contributed by atoms with van der Waals surface area (Å²) in [4.78, 5) is 40.3. The summed E-state index contributed by atoms with van der Waals surface area (Å²) in [6.07, 6.45) is 0.631. The van der Waals surface area contributed by atoms with Crippen molar-refractivity contribution in [3.63, 3.8) is 0 Å². The van der Waals surface area contributed by atoms with Gasteiger partial charge in [-0.1, -0.05) is 58.0 Å². The van der Waals surface area contributed by atoms with Crippen LogP contribution in [0, 0.1) is 30.0 Å². The third-order valence-corrected chi connectivity index (χ3v) is 12.1. The Balaban J connectivity index is 1.10. The zero-order valence-electron chi connectivity index (χ0n) is 32.7. The lowest BCUT2D eigenvalue weighted by Gasteiger charge is -2.38. The zero-order chi connectivity index (χ0) is 40.5. The molecule has 1 unspecified atom stereocenters. The number of thiazole rings is 1. The number of hydrogen-bond donors (Lipinski definition) is 6. The van der Waals surface area contributed by atoms with E-state index in [1.54, 1.807) is 23.5 Å². The highest BCUT2D eigenvalue weighted by atomic mass is 32.1. The van der Waals surface area contributed by atoms with Gasteiger partial charge in [-0.15, -0.1) is 21.5 Å². The molecule has 298 valence electrons. The Kier molecular flexibility index (Phi) is 12.0. The second-order valence-corrected chi connectivity index (χ2v) is 16.9. The number of nitrogens with one attached hydrogen (secondary N) is 2. The largest absolute Gasteiger partial charge is 0.504 e. The van der Waals surface area contributed by atoms with Crippen LogP contribution in [0.15, 0.2) is 54.0 Å². The van der Waals surface area contributed by atoms with Gasteiger partial charge in [0.05, 0.1) is 33.6 Å². The van der Waals surface area contributed by atoms with Gasteiger partial charge in [-0.2, -0.15) is 0 Å². The van der Waals surface area contributed by atoms with Crippen molar-refractivity contribution in [1.29, 1.82) is 0 Å². The number of amides is 2. The molecule has 56 heavy (non-hydrogen) atoms. The zero-order valence-corrected chi connectivity index (χ0v) is 33.5. The number of halogens is 1. The number of aromatic hydroxyl groups is 1. The number of piperidine rings is 1. The van der Waals surface area contributed by atoms with Gasteiger partial charge in [0.25, 0.3) is 0 Å². The summed E-state index contributed by atoms with van der Waals surface area (Å²) >= 11 is 1.58. The maximum atomic E-state index is 14.3. The van der Waals surface area contributed by atoms with Crippen LogP contribution in [0.1, 0.15) is 71.2 Å². The number of anilines is 2. The summed E-state index contributed by atoms with van der Waals surface area (Å²) in [6, 6.07) is 11.9. The molecule has 0 spiro atoms. The summed E-state index contributed by atoms with van der Waals surface area (Å²) in [6.45, 7) is 12.6. The Morgan fingerprint density at radius 3 is 2.43 bits per heavy atom. The molecule has 2 aliphatic rings. The molecule has 4 aromatic rings. The van der Waals surface area contributed by atoms with Crippen molar-refractivity contribution in [2.24, 2.45) is 17.3 Å². The number of carbonyl (C=O) groups is 2. The quantitative estimate of drug-likeness (QED) is 0.101. The average Bonchev–Trinajstić information content (AvgIpc) is 3.79. The molecule has 13 nitrogen and oxygen atoms in total. The number of β-amino-alcohol motifs (C(OH)–C–C–N with tert-alkyl or cyclic N) is 1. The van der Waals surface area contributed by atoms with E-state index in [0.29, 0.717) is 31.6 Å². The molecule has 0 radical (unpaired) electrons. The number of phenolic OH excluding ortho intramolecular Hbond substituents is 1. The van der Waals surface area contributed by atoms with E-state index in [1.807, 2.05) is 76.2 Å². The average molecular weight is 788 g/mol. The van der Waals surface area contributed by atoms with Crippen molar-refractivity contribution in [2.75, 3.05) is 30.3 Å². The number of nitrogens with two attached hydrogens (primary N) is 1. The van der Waals surface area contributed by atoms with E-state index < -0.39 is 41.1 Å². The highest BCUT2D eigenvalue weighted by Gasteiger charge is 2.46. The van der Waals surface area contributed by atoms with Crippen LogP contribution < -0.4 is 20.9 Å². The van der Waals surface area contributed by atoms with Gasteiger partial charge in [0.2, 0.25) is 11.8 Å². The first-order valence-corrected chi connectivity index (χ1v) is 19.9. The van der Waals surface area contributed by atoms with Gasteiger partial charge < -0.3 is 36.2 Å². The summed E-state index contributed by atoms with van der Waals surface area (Å²) in [7, 11) is 0. The predicted octanol–water partition coefficient (Wildman–Crippen LogP) is 4.15. The normalized spacial score (nSPS) is 19.8. The first-order chi connectivity index (χ1) is 26.5. The van der Waals surface area contributed by atoms with Crippen LogP contribution in [0.25, 0.3) is 21.7 Å². The lowest BCUT2D eigenvalue weighted by Crippen LogP contribution is -2.77. The number of nitrogens with zero attached hydrogens (tertiary/aromatic N) is 5. The third kappa shape index (κ3) is 8.63. The molecule has 4 heterocycles. The molecule has 15 heteroatoms. The number of aryl methyl sites for hydroxylation is 1. The molecule has 2 saturated heterocycles. The summed E-state index contributed by atoms with van der Waals surface area (Å²) in [5.41, 5.74) is 11.4. The van der Waals surface area contributed by atoms with E-state index in [9.17, 15) is 29.3 Å². The van der Waals surface area contributed by atoms with E-state index in [2.05, 4.69) is 25.5 Å². The number of hydrogen-bond acceptors (Lipinski definition) is 10. The minimum atomic E-state index is -0.918. The van der Waals surface area contributed by atoms with Gasteiger partial charge in [0.1, 0.15) is 6.04 Å². The van der Waals surface area contributed by atoms with Gasteiger partial charge in [-0.25, -0.2) is 14.4 Å². The lowest BCUT2D eigenvalue weighted by molar-refractivity contribution is -0.515. The fourth-order valence-electron chi connectivity index (χ4n) is 7.66. The Morgan fingerprint density at radius 1 is 1.09 bits per heavy atom. The molecule has 7 N–H and O–H groups in total. The van der Waals surface area contributed by atoms with Gasteiger partial charge in [0, 0.05) is 50.0 Å². The van der Waals surface area contributed by atoms with Crippen LogP contribution in [0.3, 0.4) is 0 Å². The lowest BCUT2D eigenvalue weighted by atomic mass is 9.82. The van der Waals surface area contributed by atoms with Crippen molar-refractivity contribution in [3.8, 4) is 27.4 Å². The van der Waals surface area contributed by atoms with Gasteiger partial charge in [-0.05, 0) is 54.9 Å². The molecule has 0 saturated carbocycles. The fourth-order valence-corrected chi connectivity index (χ4v) is 8.47. The molecular formula is C41H52FN8O5S+. The number of aliphatic hydroxyl groups excluding tert-OH is 2. The molecule has 6 rings (SSSR count). The summed E-state index contributed by atoms with van der Waals surface area (Å²) < 4.78 is 14.0. The number of aliphatic hydroxyl groups is 2. The minimum Gasteiger partial charge on any atom is -0.504 e. The minimum absolute atomic E-state index is 0.00853. The van der Waals surface area contributed by atoms with Crippen LogP contribution in [-0.4, -0.2) is 90.9 Å². The van der Waals surface area contributed by atoms with Crippen LogP contribution in [0.4, 0.5) is 15.9 Å². The van der Waals surface area contributed by atoms with Crippen molar-refractivity contribution in [2.45, 2.75) is 85.0 Å². The molecule has 2 fully saturated rings. The first-order valence-electron chi connectivity index (χ1n) is 19.0. The Hall–Kier alpha value is -5.15. The number of benzene rings is 2. The number of carbonyl (C=O) groups excluding carboxylic acids is 2. The van der Waals surface area contributed by atoms with E-state index in [-0.39, 0.29) is 59.7 Å². The fraction of sp³-hybridized carbons (Fsp3) is 0.463. The second-order valence-electron chi connectivity index (χ2n) is 16.1. The van der Waals surface area contributed by atoms with Crippen LogP contribution >= 0.6 is 11.3 Å². The Labute approximate surface area is 330 Å². The van der Waals surface area contributed by atoms with Crippen LogP contribution in [-0.2, 0) is 9.59 Å². The molecule has 0 aliphatic carbocycles. The Bertz CT molecular complexity index is 2080. The molecule has 2 amide bonds.